The van der Waals surface area contributed by atoms with Crippen molar-refractivity contribution in [1.29, 1.82) is 0 Å². The lowest BCUT2D eigenvalue weighted by Gasteiger charge is -2.25. The van der Waals surface area contributed by atoms with E-state index in [2.05, 4.69) is 10.6 Å². The van der Waals surface area contributed by atoms with E-state index in [1.165, 1.54) is 19.1 Å². The molecule has 2 aromatic rings. The van der Waals surface area contributed by atoms with E-state index < -0.39 is 48.9 Å². The van der Waals surface area contributed by atoms with Crippen molar-refractivity contribution in [2.45, 2.75) is 45.9 Å². The molecule has 3 rings (SSSR count). The summed E-state index contributed by atoms with van der Waals surface area (Å²) >= 11 is 0. The number of anilines is 2. The fraction of sp³-hybridized carbons (Fsp3) is 0.357. The Labute approximate surface area is 230 Å². The number of hydrogen-bond acceptors (Lipinski definition) is 8. The molecule has 1 aliphatic rings. The zero-order valence-electron chi connectivity index (χ0n) is 22.5. The van der Waals surface area contributed by atoms with Gasteiger partial charge in [-0.2, -0.15) is 0 Å². The van der Waals surface area contributed by atoms with Crippen molar-refractivity contribution < 1.29 is 39.0 Å². The molecule has 0 bridgehead atoms. The van der Waals surface area contributed by atoms with Gasteiger partial charge in [0.1, 0.15) is 31.3 Å². The van der Waals surface area contributed by atoms with Gasteiger partial charge in [-0.15, -0.1) is 0 Å². The predicted molar refractivity (Wildman–Crippen MR) is 145 cm³/mol. The summed E-state index contributed by atoms with van der Waals surface area (Å²) in [6.45, 7) is 2.79. The molecule has 2 atom stereocenters. The maximum atomic E-state index is 13.8. The van der Waals surface area contributed by atoms with Crippen LogP contribution in [0, 0.1) is 13.8 Å². The Morgan fingerprint density at radius 1 is 1.07 bits per heavy atom. The predicted octanol–water partition coefficient (Wildman–Crippen LogP) is -0.0710. The molecule has 1 heterocycles. The van der Waals surface area contributed by atoms with Gasteiger partial charge in [-0.3, -0.25) is 28.9 Å². The van der Waals surface area contributed by atoms with Gasteiger partial charge in [-0.1, -0.05) is 12.1 Å². The zero-order valence-corrected chi connectivity index (χ0v) is 22.5. The molecule has 0 saturated heterocycles. The van der Waals surface area contributed by atoms with Crippen molar-refractivity contribution in [2.75, 3.05) is 29.5 Å². The number of ketones is 1. The highest BCUT2D eigenvalue weighted by Gasteiger charge is 2.37. The second-order valence-electron chi connectivity index (χ2n) is 9.56. The Hall–Kier alpha value is -4.42. The lowest BCUT2D eigenvalue weighted by atomic mass is 9.99. The lowest BCUT2D eigenvalue weighted by Crippen LogP contribution is -2.55. The van der Waals surface area contributed by atoms with Crippen LogP contribution in [0.25, 0.3) is 0 Å². The van der Waals surface area contributed by atoms with E-state index in [4.69, 9.17) is 0 Å². The molecule has 0 radical (unpaired) electrons. The van der Waals surface area contributed by atoms with Crippen molar-refractivity contribution >= 4 is 47.1 Å². The van der Waals surface area contributed by atoms with E-state index in [0.717, 1.165) is 9.80 Å². The van der Waals surface area contributed by atoms with Gasteiger partial charge in [0.15, 0.2) is 0 Å². The summed E-state index contributed by atoms with van der Waals surface area (Å²) in [6.07, 6.45) is 0.208. The van der Waals surface area contributed by atoms with Crippen molar-refractivity contribution in [3.05, 3.63) is 58.7 Å². The first-order chi connectivity index (χ1) is 19.0. The van der Waals surface area contributed by atoms with Crippen molar-refractivity contribution in [3.63, 3.8) is 0 Å². The summed E-state index contributed by atoms with van der Waals surface area (Å²) < 4.78 is 0. The normalized spacial score (nSPS) is 15.5. The highest BCUT2D eigenvalue weighted by molar-refractivity contribution is 6.11. The number of nitrogens with zero attached hydrogens (tertiary/aromatic N) is 2. The number of rotatable bonds is 10. The van der Waals surface area contributed by atoms with Crippen LogP contribution < -0.4 is 20.4 Å². The Morgan fingerprint density at radius 3 is 2.25 bits per heavy atom. The molecule has 12 heteroatoms. The minimum Gasteiger partial charge on any atom is -0.392 e. The maximum Gasteiger partial charge on any atom is 0.252 e. The first kappa shape index (κ1) is 30.1. The number of carbonyl (C=O) groups is 6. The number of para-hydroxylation sites is 2. The third-order valence-electron chi connectivity index (χ3n) is 6.57. The quantitative estimate of drug-likeness (QED) is 0.296. The summed E-state index contributed by atoms with van der Waals surface area (Å²) in [7, 11) is 0. The zero-order chi connectivity index (χ0) is 29.6. The number of aryl methyl sites for hydroxylation is 2. The molecule has 4 amide bonds. The van der Waals surface area contributed by atoms with Crippen LogP contribution in [0.4, 0.5) is 11.4 Å². The van der Waals surface area contributed by atoms with E-state index >= 15 is 0 Å². The van der Waals surface area contributed by atoms with Gasteiger partial charge < -0.3 is 30.5 Å². The third kappa shape index (κ3) is 6.77. The molecule has 40 heavy (non-hydrogen) atoms. The molecule has 0 aliphatic carbocycles. The van der Waals surface area contributed by atoms with Gasteiger partial charge in [0.2, 0.25) is 5.91 Å². The number of aliphatic hydroxyl groups is 2. The Bertz CT molecular complexity index is 1320. The fourth-order valence-electron chi connectivity index (χ4n) is 4.63. The molecule has 0 saturated carbocycles. The van der Waals surface area contributed by atoms with Crippen LogP contribution in [0.15, 0.2) is 36.4 Å². The molecule has 0 unspecified atom stereocenters. The minimum absolute atomic E-state index is 0.175. The maximum absolute atomic E-state index is 13.8. The van der Waals surface area contributed by atoms with Gasteiger partial charge in [0, 0.05) is 12.0 Å². The number of carbonyl (C=O) groups excluding carboxylic acids is 6. The van der Waals surface area contributed by atoms with Gasteiger partial charge in [0.25, 0.3) is 17.7 Å². The van der Waals surface area contributed by atoms with Crippen LogP contribution in [-0.2, 0) is 30.6 Å². The molecule has 0 spiro atoms. The van der Waals surface area contributed by atoms with Gasteiger partial charge in [-0.05, 0) is 61.7 Å². The lowest BCUT2D eigenvalue weighted by molar-refractivity contribution is -0.127. The average molecular weight is 553 g/mol. The highest BCUT2D eigenvalue weighted by atomic mass is 16.3. The number of Topliss-reactive ketones (excluding diaryl/α,β-unsaturated/α-hetero) is 1. The molecule has 0 aromatic heterocycles. The largest absolute Gasteiger partial charge is 0.392 e. The summed E-state index contributed by atoms with van der Waals surface area (Å²) in [5.74, 6) is -3.11. The van der Waals surface area contributed by atoms with E-state index in [9.17, 15) is 39.0 Å². The van der Waals surface area contributed by atoms with Crippen molar-refractivity contribution in [1.82, 2.24) is 10.6 Å². The Morgan fingerprint density at radius 2 is 1.70 bits per heavy atom. The van der Waals surface area contributed by atoms with Gasteiger partial charge in [0.05, 0.1) is 30.6 Å². The van der Waals surface area contributed by atoms with Crippen molar-refractivity contribution in [3.8, 4) is 0 Å². The van der Waals surface area contributed by atoms with E-state index in [1.807, 2.05) is 0 Å². The summed E-state index contributed by atoms with van der Waals surface area (Å²) in [6, 6.07) is 6.99. The number of benzene rings is 2. The SMILES string of the molecule is CC(=O)C[C@@H](C=O)NC(=O)CN1C(=O)[C@@H](NC(=O)c2cc(C)c(CO)c(C)c2)CN(C(=O)CO)c2ccccc21. The molecule has 4 N–H and O–H groups in total. The van der Waals surface area contributed by atoms with E-state index in [0.29, 0.717) is 23.0 Å². The summed E-state index contributed by atoms with van der Waals surface area (Å²) in [5, 5.41) is 24.3. The summed E-state index contributed by atoms with van der Waals surface area (Å²) in [5.41, 5.74) is 2.66. The van der Waals surface area contributed by atoms with Crippen LogP contribution in [-0.4, -0.2) is 77.7 Å². The van der Waals surface area contributed by atoms with Gasteiger partial charge >= 0.3 is 0 Å². The van der Waals surface area contributed by atoms with Crippen LogP contribution in [0.5, 0.6) is 0 Å². The molecule has 0 fully saturated rings. The van der Waals surface area contributed by atoms with E-state index in [1.54, 1.807) is 38.1 Å². The summed E-state index contributed by atoms with van der Waals surface area (Å²) in [4.78, 5) is 77.7. The van der Waals surface area contributed by atoms with Crippen LogP contribution >= 0.6 is 0 Å². The molecular formula is C28H32N4O8. The van der Waals surface area contributed by atoms with Crippen LogP contribution in [0.1, 0.15) is 40.4 Å². The number of hydrogen-bond donors (Lipinski definition) is 4. The third-order valence-corrected chi connectivity index (χ3v) is 6.57. The minimum atomic E-state index is -1.32. The fourth-order valence-corrected chi connectivity index (χ4v) is 4.63. The second kappa shape index (κ2) is 13.1. The molecule has 2 aromatic carbocycles. The van der Waals surface area contributed by atoms with Crippen molar-refractivity contribution in [2.24, 2.45) is 0 Å². The monoisotopic (exact) mass is 552 g/mol. The first-order valence-corrected chi connectivity index (χ1v) is 12.6. The molecule has 212 valence electrons. The smallest absolute Gasteiger partial charge is 0.252 e. The number of fused-ring (bicyclic) bond motifs is 1. The Kier molecular flexibility index (Phi) is 9.86. The highest BCUT2D eigenvalue weighted by Crippen LogP contribution is 2.33. The average Bonchev–Trinajstić information content (AvgIpc) is 3.02. The number of amides is 4. The van der Waals surface area contributed by atoms with Crippen LogP contribution in [0.2, 0.25) is 0 Å². The van der Waals surface area contributed by atoms with E-state index in [-0.39, 0.29) is 42.3 Å². The second-order valence-corrected chi connectivity index (χ2v) is 9.56. The standard InChI is InChI=1S/C28H32N4O8/c1-16-8-19(9-17(2)21(16)14-34)27(39)30-22-11-31(26(38)15-35)23-6-4-5-7-24(23)32(28(22)40)12-25(37)29-20(13-33)10-18(3)36/h4-9,13,20,22,34-35H,10-12,14-15H2,1-3H3,(H,29,37)(H,30,39)/t20-,22-/m0/s1. The van der Waals surface area contributed by atoms with Gasteiger partial charge in [-0.25, -0.2) is 0 Å². The van der Waals surface area contributed by atoms with Crippen LogP contribution in [0.3, 0.4) is 0 Å². The first-order valence-electron chi connectivity index (χ1n) is 12.6. The Balaban J connectivity index is 1.98. The number of nitrogens with one attached hydrogen (secondary N) is 2. The molecule has 12 nitrogen and oxygen atoms in total. The number of aliphatic hydroxyl groups excluding tert-OH is 2. The molecular weight excluding hydrogens is 520 g/mol. The molecule has 1 aliphatic heterocycles. The topological polar surface area (TPSA) is 173 Å². The number of aldehydes is 1.